The van der Waals surface area contributed by atoms with Gasteiger partial charge in [-0.3, -0.25) is 0 Å². The number of ether oxygens (including phenoxy) is 2. The van der Waals surface area contributed by atoms with Crippen molar-refractivity contribution in [1.82, 2.24) is 9.55 Å². The third-order valence-corrected chi connectivity index (χ3v) is 5.03. The van der Waals surface area contributed by atoms with Gasteiger partial charge in [-0.25, -0.2) is 4.98 Å². The van der Waals surface area contributed by atoms with E-state index in [0.717, 1.165) is 36.0 Å². The molecule has 0 radical (unpaired) electrons. The van der Waals surface area contributed by atoms with Crippen molar-refractivity contribution in [2.45, 2.75) is 33.7 Å². The van der Waals surface area contributed by atoms with Crippen molar-refractivity contribution in [3.8, 4) is 11.5 Å². The number of benzene rings is 1. The summed E-state index contributed by atoms with van der Waals surface area (Å²) in [5.41, 5.74) is 4.86. The molecule has 25 heavy (non-hydrogen) atoms. The van der Waals surface area contributed by atoms with Crippen molar-refractivity contribution in [2.75, 3.05) is 18.7 Å². The van der Waals surface area contributed by atoms with Crippen LogP contribution in [-0.2, 0) is 6.54 Å². The van der Waals surface area contributed by atoms with E-state index in [9.17, 15) is 0 Å². The fourth-order valence-corrected chi connectivity index (χ4v) is 3.54. The van der Waals surface area contributed by atoms with Crippen LogP contribution in [0.2, 0.25) is 0 Å². The fraction of sp³-hybridized carbons (Fsp3) is 0.350. The van der Waals surface area contributed by atoms with Crippen molar-refractivity contribution in [2.24, 2.45) is 0 Å². The zero-order chi connectivity index (χ0) is 17.6. The van der Waals surface area contributed by atoms with Crippen molar-refractivity contribution < 1.29 is 9.47 Å². The molecule has 0 aliphatic carbocycles. The lowest BCUT2D eigenvalue weighted by Gasteiger charge is -2.21. The number of aryl methyl sites for hydroxylation is 2. The molecule has 3 heterocycles. The Morgan fingerprint density at radius 3 is 2.76 bits per heavy atom. The molecule has 0 spiro atoms. The second-order valence-corrected chi connectivity index (χ2v) is 6.49. The van der Waals surface area contributed by atoms with Gasteiger partial charge in [-0.2, -0.15) is 0 Å². The van der Waals surface area contributed by atoms with Gasteiger partial charge in [0.1, 0.15) is 0 Å². The summed E-state index contributed by atoms with van der Waals surface area (Å²) in [5.74, 6) is 2.54. The summed E-state index contributed by atoms with van der Waals surface area (Å²) < 4.78 is 13.3. The number of hydrogen-bond acceptors (Lipinski definition) is 4. The van der Waals surface area contributed by atoms with Gasteiger partial charge in [0.2, 0.25) is 6.79 Å². The first kappa shape index (κ1) is 15.8. The minimum Gasteiger partial charge on any atom is -0.454 e. The Labute approximate surface area is 147 Å². The summed E-state index contributed by atoms with van der Waals surface area (Å²) >= 11 is 0. The van der Waals surface area contributed by atoms with Gasteiger partial charge in [0, 0.05) is 42.6 Å². The molecule has 0 unspecified atom stereocenters. The maximum Gasteiger partial charge on any atom is 0.231 e. The molecular weight excluding hydrogens is 314 g/mol. The molecule has 2 aromatic heterocycles. The summed E-state index contributed by atoms with van der Waals surface area (Å²) in [6.07, 6.45) is 2.98. The van der Waals surface area contributed by atoms with E-state index in [2.05, 4.69) is 36.3 Å². The average Bonchev–Trinajstić information content (AvgIpc) is 3.19. The van der Waals surface area contributed by atoms with Crippen LogP contribution in [-0.4, -0.2) is 23.4 Å². The van der Waals surface area contributed by atoms with Gasteiger partial charge in [0.05, 0.1) is 5.52 Å². The van der Waals surface area contributed by atoms with E-state index in [1.165, 1.54) is 22.2 Å². The molecule has 130 valence electrons. The molecule has 1 aromatic carbocycles. The molecule has 0 fully saturated rings. The summed E-state index contributed by atoms with van der Waals surface area (Å²) in [5, 5.41) is 1.27. The lowest BCUT2D eigenvalue weighted by Crippen LogP contribution is -2.13. The van der Waals surface area contributed by atoms with Gasteiger partial charge < -0.3 is 18.9 Å². The molecule has 0 amide bonds. The van der Waals surface area contributed by atoms with Gasteiger partial charge in [-0.1, -0.05) is 6.92 Å². The Morgan fingerprint density at radius 1 is 1.16 bits per heavy atom. The first-order chi connectivity index (χ1) is 12.1. The molecule has 0 N–H and O–H groups in total. The third kappa shape index (κ3) is 2.42. The Hall–Kier alpha value is -2.69. The summed E-state index contributed by atoms with van der Waals surface area (Å²) in [6, 6.07) is 8.12. The summed E-state index contributed by atoms with van der Waals surface area (Å²) in [7, 11) is 2.05. The van der Waals surface area contributed by atoms with Gasteiger partial charge >= 0.3 is 0 Å². The number of pyridine rings is 1. The predicted molar refractivity (Wildman–Crippen MR) is 100 cm³/mol. The fourth-order valence-electron chi connectivity index (χ4n) is 3.54. The largest absolute Gasteiger partial charge is 0.454 e. The zero-order valence-corrected chi connectivity index (χ0v) is 15.2. The predicted octanol–water partition coefficient (Wildman–Crippen LogP) is 4.56. The van der Waals surface area contributed by atoms with Gasteiger partial charge in [-0.15, -0.1) is 0 Å². The first-order valence-corrected chi connectivity index (χ1v) is 8.69. The Morgan fingerprint density at radius 2 is 1.96 bits per heavy atom. The number of nitrogens with zero attached hydrogens (tertiary/aromatic N) is 3. The van der Waals surface area contributed by atoms with Gasteiger partial charge in [-0.05, 0) is 44.0 Å². The Kier molecular flexibility index (Phi) is 3.79. The molecule has 3 aromatic rings. The van der Waals surface area contributed by atoms with Crippen LogP contribution in [0.5, 0.6) is 11.5 Å². The zero-order valence-electron chi connectivity index (χ0n) is 15.2. The van der Waals surface area contributed by atoms with Crippen molar-refractivity contribution >= 4 is 22.4 Å². The molecule has 5 nitrogen and oxygen atoms in total. The molecule has 5 heteroatoms. The highest BCUT2D eigenvalue weighted by Crippen LogP contribution is 2.39. The number of aromatic nitrogens is 2. The first-order valence-electron chi connectivity index (χ1n) is 8.69. The minimum atomic E-state index is 0.286. The number of hydrogen-bond donors (Lipinski definition) is 0. The van der Waals surface area contributed by atoms with Crippen LogP contribution in [0.4, 0.5) is 11.5 Å². The second-order valence-electron chi connectivity index (χ2n) is 6.49. The van der Waals surface area contributed by atoms with Gasteiger partial charge in [0.25, 0.3) is 0 Å². The molecule has 0 saturated heterocycles. The van der Waals surface area contributed by atoms with Crippen LogP contribution in [0.1, 0.15) is 24.6 Å². The number of anilines is 2. The maximum absolute atomic E-state index is 5.52. The van der Waals surface area contributed by atoms with Crippen LogP contribution in [0.25, 0.3) is 10.9 Å². The lowest BCUT2D eigenvalue weighted by atomic mass is 10.2. The summed E-state index contributed by atoms with van der Waals surface area (Å²) in [4.78, 5) is 6.83. The minimum absolute atomic E-state index is 0.286. The molecule has 0 saturated carbocycles. The van der Waals surface area contributed by atoms with E-state index in [0.29, 0.717) is 0 Å². The monoisotopic (exact) mass is 337 g/mol. The molecule has 4 rings (SSSR count). The smallest absolute Gasteiger partial charge is 0.231 e. The van der Waals surface area contributed by atoms with Crippen LogP contribution >= 0.6 is 0 Å². The van der Waals surface area contributed by atoms with Gasteiger partial charge in [0.15, 0.2) is 17.3 Å². The third-order valence-electron chi connectivity index (χ3n) is 5.03. The van der Waals surface area contributed by atoms with Crippen LogP contribution < -0.4 is 14.4 Å². The lowest BCUT2D eigenvalue weighted by molar-refractivity contribution is 0.174. The standard InChI is InChI=1S/C20H23N3O2/c1-5-10-23-14(3)13(2)16-8-9-21-20(19(16)23)22(4)15-6-7-17-18(11-15)25-12-24-17/h6-9,11H,5,10,12H2,1-4H3. The van der Waals surface area contributed by atoms with E-state index < -0.39 is 0 Å². The molecular formula is C20H23N3O2. The average molecular weight is 337 g/mol. The highest BCUT2D eigenvalue weighted by Gasteiger charge is 2.20. The van der Waals surface area contributed by atoms with E-state index >= 15 is 0 Å². The molecule has 1 aliphatic rings. The topological polar surface area (TPSA) is 39.5 Å². The Bertz CT molecular complexity index is 946. The van der Waals surface area contributed by atoms with Crippen LogP contribution in [0.3, 0.4) is 0 Å². The maximum atomic E-state index is 5.52. The highest BCUT2D eigenvalue weighted by molar-refractivity contribution is 5.95. The van der Waals surface area contributed by atoms with E-state index in [-0.39, 0.29) is 6.79 Å². The van der Waals surface area contributed by atoms with E-state index in [1.807, 2.05) is 31.4 Å². The van der Waals surface area contributed by atoms with Crippen LogP contribution in [0, 0.1) is 13.8 Å². The Balaban J connectivity index is 1.87. The van der Waals surface area contributed by atoms with Crippen molar-refractivity contribution in [3.63, 3.8) is 0 Å². The SMILES string of the molecule is CCCn1c(C)c(C)c2ccnc(N(C)c3ccc4c(c3)OCO4)c21. The highest BCUT2D eigenvalue weighted by atomic mass is 16.7. The number of rotatable bonds is 4. The quantitative estimate of drug-likeness (QED) is 0.700. The number of fused-ring (bicyclic) bond motifs is 2. The summed E-state index contributed by atoms with van der Waals surface area (Å²) in [6.45, 7) is 7.86. The second kappa shape index (κ2) is 5.99. The van der Waals surface area contributed by atoms with E-state index in [4.69, 9.17) is 14.5 Å². The van der Waals surface area contributed by atoms with Crippen LogP contribution in [0.15, 0.2) is 30.5 Å². The van der Waals surface area contributed by atoms with Crippen molar-refractivity contribution in [1.29, 1.82) is 0 Å². The van der Waals surface area contributed by atoms with E-state index in [1.54, 1.807) is 0 Å². The molecule has 0 atom stereocenters. The van der Waals surface area contributed by atoms with Crippen molar-refractivity contribution in [3.05, 3.63) is 41.7 Å². The molecule has 1 aliphatic heterocycles. The normalized spacial score (nSPS) is 12.8. The molecule has 0 bridgehead atoms.